The summed E-state index contributed by atoms with van der Waals surface area (Å²) in [6.45, 7) is 0.244. The van der Waals surface area contributed by atoms with Crippen LogP contribution < -0.4 is 30.1 Å². The highest BCUT2D eigenvalue weighted by atomic mass is 16.7. The molecule has 0 atom stereocenters. The van der Waals surface area contributed by atoms with Crippen LogP contribution in [0.1, 0.15) is 15.9 Å². The smallest absolute Gasteiger partial charge is 0.376 e. The molecule has 11 heteroatoms. The lowest BCUT2D eigenvalue weighted by Crippen LogP contribution is -2.33. The summed E-state index contributed by atoms with van der Waals surface area (Å²) < 4.78 is 15.9. The topological polar surface area (TPSA) is 128 Å². The molecule has 11 nitrogen and oxygen atoms in total. The number of carbonyl (C=O) groups is 3. The monoisotopic (exact) mass is 514 g/mol. The van der Waals surface area contributed by atoms with Crippen molar-refractivity contribution in [2.75, 3.05) is 18.9 Å². The molecular formula is C27H22N4O7. The van der Waals surface area contributed by atoms with Gasteiger partial charge in [-0.2, -0.15) is 0 Å². The maximum Gasteiger partial charge on any atom is 0.376 e. The molecule has 2 aliphatic rings. The molecule has 1 fully saturated rings. The molecule has 0 bridgehead atoms. The number of hydrogen-bond acceptors (Lipinski definition) is 9. The lowest BCUT2D eigenvalue weighted by molar-refractivity contribution is -0.140. The van der Waals surface area contributed by atoms with Crippen LogP contribution in [-0.4, -0.2) is 37.4 Å². The molecule has 5 rings (SSSR count). The van der Waals surface area contributed by atoms with Crippen LogP contribution in [0.2, 0.25) is 0 Å². The Morgan fingerprint density at radius 3 is 2.58 bits per heavy atom. The van der Waals surface area contributed by atoms with E-state index in [1.165, 1.54) is 18.2 Å². The molecule has 2 aliphatic heterocycles. The number of fused-ring (bicyclic) bond motifs is 1. The number of rotatable bonds is 7. The third-order valence-corrected chi connectivity index (χ3v) is 5.65. The lowest BCUT2D eigenvalue weighted by atomic mass is 10.2. The summed E-state index contributed by atoms with van der Waals surface area (Å²) in [5.41, 5.74) is 3.72. The third-order valence-electron chi connectivity index (χ3n) is 5.65. The maximum atomic E-state index is 13.2. The number of hydrogen-bond donors (Lipinski definition) is 2. The van der Waals surface area contributed by atoms with E-state index >= 15 is 0 Å². The normalized spacial score (nSPS) is 15.4. The average molecular weight is 514 g/mol. The molecule has 38 heavy (non-hydrogen) atoms. The zero-order valence-corrected chi connectivity index (χ0v) is 20.2. The second kappa shape index (κ2) is 10.8. The van der Waals surface area contributed by atoms with E-state index in [9.17, 15) is 14.4 Å². The molecule has 1 saturated heterocycles. The second-order valence-corrected chi connectivity index (χ2v) is 8.08. The van der Waals surface area contributed by atoms with Crippen LogP contribution in [0.4, 0.5) is 5.69 Å². The van der Waals surface area contributed by atoms with Crippen molar-refractivity contribution in [2.45, 2.75) is 6.54 Å². The molecule has 2 heterocycles. The highest BCUT2D eigenvalue weighted by Gasteiger charge is 2.31. The van der Waals surface area contributed by atoms with Crippen molar-refractivity contribution in [3.8, 4) is 17.2 Å². The average Bonchev–Trinajstić information content (AvgIpc) is 3.57. The lowest BCUT2D eigenvalue weighted by Gasteiger charge is -2.16. The Bertz CT molecular complexity index is 1440. The van der Waals surface area contributed by atoms with Crippen molar-refractivity contribution >= 4 is 29.2 Å². The summed E-state index contributed by atoms with van der Waals surface area (Å²) in [6, 6.07) is 20.3. The van der Waals surface area contributed by atoms with E-state index in [4.69, 9.17) is 19.0 Å². The standard InChI is InChI=1S/C27H22N4O7/c1-35-20-10-8-19(9-11-20)31-22(27(34)38-30-31)14-21(29-25(32)18-5-3-2-4-6-18)26(33)28-15-17-7-12-23-24(13-17)37-16-36-23/h2-14,30H,15-16H2,1H3,(H,28,33)/b22-14+,29-21?. The summed E-state index contributed by atoms with van der Waals surface area (Å²) in [6.07, 6.45) is 1.20. The summed E-state index contributed by atoms with van der Waals surface area (Å²) in [7, 11) is 1.54. The van der Waals surface area contributed by atoms with Crippen molar-refractivity contribution in [1.29, 1.82) is 0 Å². The fourth-order valence-corrected chi connectivity index (χ4v) is 3.68. The van der Waals surface area contributed by atoms with Gasteiger partial charge in [0.05, 0.1) is 12.8 Å². The van der Waals surface area contributed by atoms with Crippen molar-refractivity contribution in [3.05, 3.63) is 95.7 Å². The molecule has 2 N–H and O–H groups in total. The predicted molar refractivity (Wildman–Crippen MR) is 135 cm³/mol. The Morgan fingerprint density at radius 2 is 1.82 bits per heavy atom. The molecular weight excluding hydrogens is 492 g/mol. The first-order valence-electron chi connectivity index (χ1n) is 11.5. The Hall–Kier alpha value is -5.16. The number of nitrogens with one attached hydrogen (secondary N) is 2. The Labute approximate surface area is 217 Å². The highest BCUT2D eigenvalue weighted by Crippen LogP contribution is 2.32. The van der Waals surface area contributed by atoms with Gasteiger partial charge in [-0.15, -0.1) is 0 Å². The number of aliphatic imine (C=N–C) groups is 1. The first kappa shape index (κ1) is 24.5. The zero-order chi connectivity index (χ0) is 26.5. The van der Waals surface area contributed by atoms with E-state index in [2.05, 4.69) is 15.9 Å². The summed E-state index contributed by atoms with van der Waals surface area (Å²) in [5.74, 6) is -0.276. The predicted octanol–water partition coefficient (Wildman–Crippen LogP) is 2.69. The molecule has 0 aliphatic carbocycles. The molecule has 2 amide bonds. The van der Waals surface area contributed by atoms with Crippen LogP contribution >= 0.6 is 0 Å². The minimum Gasteiger partial charge on any atom is -0.497 e. The van der Waals surface area contributed by atoms with Crippen molar-refractivity contribution < 1.29 is 33.4 Å². The molecule has 0 unspecified atom stereocenters. The molecule has 192 valence electrons. The third kappa shape index (κ3) is 5.32. The molecule has 0 aromatic heterocycles. The van der Waals surface area contributed by atoms with Gasteiger partial charge in [-0.1, -0.05) is 29.9 Å². The largest absolute Gasteiger partial charge is 0.497 e. The number of amides is 2. The van der Waals surface area contributed by atoms with Gasteiger partial charge in [-0.25, -0.2) is 14.8 Å². The Kier molecular flexibility index (Phi) is 7.00. The van der Waals surface area contributed by atoms with Gasteiger partial charge in [0, 0.05) is 18.2 Å². The number of carbonyl (C=O) groups excluding carboxylic acids is 3. The zero-order valence-electron chi connectivity index (χ0n) is 20.2. The van der Waals surface area contributed by atoms with Crippen LogP contribution in [0, 0.1) is 0 Å². The van der Waals surface area contributed by atoms with Crippen LogP contribution in [0.5, 0.6) is 17.2 Å². The fraction of sp³-hybridized carbons (Fsp3) is 0.111. The van der Waals surface area contributed by atoms with Gasteiger partial charge in [0.1, 0.15) is 11.5 Å². The van der Waals surface area contributed by atoms with Crippen LogP contribution in [0.15, 0.2) is 89.6 Å². The highest BCUT2D eigenvalue weighted by molar-refractivity contribution is 6.45. The molecule has 0 spiro atoms. The molecule has 3 aromatic rings. The maximum absolute atomic E-state index is 13.2. The number of hydrazine groups is 1. The van der Waals surface area contributed by atoms with Gasteiger partial charge in [0.25, 0.3) is 11.8 Å². The fourth-order valence-electron chi connectivity index (χ4n) is 3.68. The SMILES string of the molecule is COc1ccc(N2NOC(=O)/C2=C\C(=NC(=O)c2ccccc2)C(=O)NCc2ccc3c(c2)OCO3)cc1. The van der Waals surface area contributed by atoms with Gasteiger partial charge in [0.15, 0.2) is 17.2 Å². The van der Waals surface area contributed by atoms with E-state index in [0.717, 1.165) is 5.56 Å². The minimum atomic E-state index is -0.760. The van der Waals surface area contributed by atoms with Gasteiger partial charge in [-0.05, 0) is 54.1 Å². The van der Waals surface area contributed by atoms with Gasteiger partial charge < -0.3 is 24.4 Å². The van der Waals surface area contributed by atoms with E-state index in [1.807, 2.05) is 0 Å². The molecule has 0 radical (unpaired) electrons. The van der Waals surface area contributed by atoms with Gasteiger partial charge in [-0.3, -0.25) is 9.59 Å². The van der Waals surface area contributed by atoms with E-state index in [1.54, 1.807) is 72.8 Å². The summed E-state index contributed by atoms with van der Waals surface area (Å²) in [4.78, 5) is 47.7. The van der Waals surface area contributed by atoms with Crippen molar-refractivity contribution in [2.24, 2.45) is 4.99 Å². The number of ether oxygens (including phenoxy) is 3. The number of benzene rings is 3. The van der Waals surface area contributed by atoms with Crippen molar-refractivity contribution in [3.63, 3.8) is 0 Å². The first-order valence-corrected chi connectivity index (χ1v) is 11.5. The van der Waals surface area contributed by atoms with Crippen LogP contribution in [0.3, 0.4) is 0 Å². The Balaban J connectivity index is 1.44. The van der Waals surface area contributed by atoms with E-state index < -0.39 is 17.8 Å². The summed E-state index contributed by atoms with van der Waals surface area (Å²) in [5, 5.41) is 4.06. The number of anilines is 1. The number of nitrogens with zero attached hydrogens (tertiary/aromatic N) is 2. The van der Waals surface area contributed by atoms with Crippen LogP contribution in [0.25, 0.3) is 0 Å². The first-order chi connectivity index (χ1) is 18.5. The molecule has 0 saturated carbocycles. The number of methoxy groups -OCH3 is 1. The van der Waals surface area contributed by atoms with Gasteiger partial charge >= 0.3 is 5.97 Å². The van der Waals surface area contributed by atoms with Crippen LogP contribution in [-0.2, 0) is 21.0 Å². The molecule has 3 aromatic carbocycles. The summed E-state index contributed by atoms with van der Waals surface area (Å²) >= 11 is 0. The van der Waals surface area contributed by atoms with Gasteiger partial charge in [0.2, 0.25) is 6.79 Å². The Morgan fingerprint density at radius 1 is 1.05 bits per heavy atom. The second-order valence-electron chi connectivity index (χ2n) is 8.08. The quantitative estimate of drug-likeness (QED) is 0.361. The van der Waals surface area contributed by atoms with Crippen molar-refractivity contribution in [1.82, 2.24) is 10.9 Å². The van der Waals surface area contributed by atoms with E-state index in [0.29, 0.717) is 22.9 Å². The van der Waals surface area contributed by atoms with E-state index in [-0.39, 0.29) is 30.3 Å². The minimum absolute atomic E-state index is 0.0481.